The summed E-state index contributed by atoms with van der Waals surface area (Å²) in [5.74, 6) is -2.62. The predicted molar refractivity (Wildman–Crippen MR) is 163 cm³/mol. The van der Waals surface area contributed by atoms with Gasteiger partial charge in [0.2, 0.25) is 5.76 Å². The van der Waals surface area contributed by atoms with Crippen molar-refractivity contribution in [1.29, 1.82) is 5.26 Å². The maximum atomic E-state index is 14.2. The first-order chi connectivity index (χ1) is 21.3. The van der Waals surface area contributed by atoms with Gasteiger partial charge in [0.1, 0.15) is 5.76 Å². The van der Waals surface area contributed by atoms with Crippen molar-refractivity contribution in [1.82, 2.24) is 4.90 Å². The van der Waals surface area contributed by atoms with Crippen molar-refractivity contribution in [2.24, 2.45) is 0 Å². The average molecular weight is 611 g/mol. The number of hydrogen-bond acceptors (Lipinski definition) is 4. The van der Waals surface area contributed by atoms with Gasteiger partial charge in [0.25, 0.3) is 5.91 Å². The van der Waals surface area contributed by atoms with Gasteiger partial charge < -0.3 is 14.4 Å². The maximum Gasteiger partial charge on any atom is 0.449 e. The number of hydrogen-bond donors (Lipinski definition) is 1. The van der Waals surface area contributed by atoms with Crippen molar-refractivity contribution in [2.45, 2.75) is 45.5 Å². The van der Waals surface area contributed by atoms with Crippen LogP contribution in [0.5, 0.6) is 0 Å². The Hall–Kier alpha value is -5.36. The number of aryl methyl sites for hydroxylation is 1. The second kappa shape index (κ2) is 12.0. The first-order valence-electron chi connectivity index (χ1n) is 14.1. The average Bonchev–Trinajstić information content (AvgIpc) is 3.50. The number of nitrogens with zero attached hydrogens (tertiary/aromatic N) is 2. The van der Waals surface area contributed by atoms with Gasteiger partial charge in [-0.1, -0.05) is 72.8 Å². The van der Waals surface area contributed by atoms with Gasteiger partial charge in [0, 0.05) is 6.54 Å². The fourth-order valence-electron chi connectivity index (χ4n) is 5.24. The first kappa shape index (κ1) is 31.1. The summed E-state index contributed by atoms with van der Waals surface area (Å²) < 4.78 is 45.0. The molecular formula is C36H29F3N2O4. The number of benzene rings is 4. The number of halogens is 3. The van der Waals surface area contributed by atoms with E-state index < -0.39 is 29.2 Å². The number of amides is 1. The monoisotopic (exact) mass is 610 g/mol. The molecule has 0 spiro atoms. The summed E-state index contributed by atoms with van der Waals surface area (Å²) >= 11 is 0. The quantitative estimate of drug-likeness (QED) is 0.190. The Balaban J connectivity index is 1.55. The standard InChI is InChI=1S/C36H29F3N2O4/c1-22-11-12-23-7-4-5-10-30(23)32(22)33(42)41(21-29-15-16-31(45-29)36(37,38)39)20-26-14-13-25(17-27(26)19-40)24-8-6-9-28(18-24)35(2,3)34(43)44/h4-18H,20-21H2,1-3H3,(H,43,44). The van der Waals surface area contributed by atoms with Crippen molar-refractivity contribution in [3.63, 3.8) is 0 Å². The molecular weight excluding hydrogens is 581 g/mol. The highest BCUT2D eigenvalue weighted by Crippen LogP contribution is 2.33. The second-order valence-corrected chi connectivity index (χ2v) is 11.4. The molecule has 0 unspecified atom stereocenters. The second-order valence-electron chi connectivity index (χ2n) is 11.4. The first-order valence-corrected chi connectivity index (χ1v) is 14.1. The van der Waals surface area contributed by atoms with Gasteiger partial charge in [-0.15, -0.1) is 0 Å². The van der Waals surface area contributed by atoms with Gasteiger partial charge in [-0.3, -0.25) is 9.59 Å². The zero-order valence-corrected chi connectivity index (χ0v) is 24.8. The number of rotatable bonds is 8. The van der Waals surface area contributed by atoms with Crippen LogP contribution >= 0.6 is 0 Å². The minimum absolute atomic E-state index is 0.0541. The van der Waals surface area contributed by atoms with Gasteiger partial charge in [-0.25, -0.2) is 0 Å². The van der Waals surface area contributed by atoms with E-state index in [1.54, 1.807) is 57.2 Å². The molecule has 4 aromatic carbocycles. The van der Waals surface area contributed by atoms with Crippen LogP contribution in [0, 0.1) is 18.3 Å². The summed E-state index contributed by atoms with van der Waals surface area (Å²) in [5, 5.41) is 21.3. The Morgan fingerprint density at radius 3 is 2.31 bits per heavy atom. The molecule has 0 aliphatic carbocycles. The van der Waals surface area contributed by atoms with E-state index >= 15 is 0 Å². The zero-order chi connectivity index (χ0) is 32.5. The van der Waals surface area contributed by atoms with Gasteiger partial charge in [-0.05, 0) is 77.6 Å². The van der Waals surface area contributed by atoms with Crippen molar-refractivity contribution in [2.75, 3.05) is 0 Å². The van der Waals surface area contributed by atoms with Crippen LogP contribution in [0.4, 0.5) is 13.2 Å². The van der Waals surface area contributed by atoms with Crippen LogP contribution in [0.3, 0.4) is 0 Å². The molecule has 5 rings (SSSR count). The number of furan rings is 1. The molecule has 0 saturated heterocycles. The molecule has 6 nitrogen and oxygen atoms in total. The van der Waals surface area contributed by atoms with Crippen LogP contribution in [0.1, 0.15) is 58.0 Å². The molecule has 1 heterocycles. The minimum Gasteiger partial charge on any atom is -0.481 e. The molecule has 0 aliphatic heterocycles. The molecule has 0 fully saturated rings. The normalized spacial score (nSPS) is 11.8. The summed E-state index contributed by atoms with van der Waals surface area (Å²) in [7, 11) is 0. The zero-order valence-electron chi connectivity index (χ0n) is 24.8. The number of aliphatic carboxylic acids is 1. The third-order valence-electron chi connectivity index (χ3n) is 7.97. The number of carbonyl (C=O) groups excluding carboxylic acids is 1. The van der Waals surface area contributed by atoms with E-state index in [0.717, 1.165) is 11.5 Å². The Morgan fingerprint density at radius 1 is 0.889 bits per heavy atom. The smallest absolute Gasteiger partial charge is 0.449 e. The maximum absolute atomic E-state index is 14.2. The summed E-state index contributed by atoms with van der Waals surface area (Å²) in [6.07, 6.45) is -4.68. The van der Waals surface area contributed by atoms with Crippen molar-refractivity contribution in [3.8, 4) is 17.2 Å². The van der Waals surface area contributed by atoms with E-state index in [4.69, 9.17) is 4.42 Å². The third kappa shape index (κ3) is 6.31. The fourth-order valence-corrected chi connectivity index (χ4v) is 5.24. The summed E-state index contributed by atoms with van der Waals surface area (Å²) in [5.41, 5.74) is 2.68. The molecule has 1 amide bonds. The highest BCUT2D eigenvalue weighted by Gasteiger charge is 2.35. The van der Waals surface area contributed by atoms with Crippen LogP contribution in [-0.4, -0.2) is 21.9 Å². The molecule has 0 saturated carbocycles. The van der Waals surface area contributed by atoms with Gasteiger partial charge in [-0.2, -0.15) is 18.4 Å². The predicted octanol–water partition coefficient (Wildman–Crippen LogP) is 8.50. The summed E-state index contributed by atoms with van der Waals surface area (Å²) in [4.78, 5) is 27.4. The number of nitriles is 1. The molecule has 5 aromatic rings. The fraction of sp³-hybridized carbons (Fsp3) is 0.194. The molecule has 45 heavy (non-hydrogen) atoms. The van der Waals surface area contributed by atoms with E-state index in [0.29, 0.717) is 38.8 Å². The molecule has 0 aliphatic rings. The summed E-state index contributed by atoms with van der Waals surface area (Å²) in [6, 6.07) is 27.4. The Kier molecular flexibility index (Phi) is 8.26. The highest BCUT2D eigenvalue weighted by molar-refractivity contribution is 6.08. The van der Waals surface area contributed by atoms with Crippen molar-refractivity contribution >= 4 is 22.6 Å². The minimum atomic E-state index is -4.68. The van der Waals surface area contributed by atoms with Crippen LogP contribution in [0.15, 0.2) is 95.4 Å². The van der Waals surface area contributed by atoms with Gasteiger partial charge in [0.15, 0.2) is 0 Å². The molecule has 0 bridgehead atoms. The number of alkyl halides is 3. The third-order valence-corrected chi connectivity index (χ3v) is 7.97. The lowest BCUT2D eigenvalue weighted by Gasteiger charge is -2.24. The highest BCUT2D eigenvalue weighted by atomic mass is 19.4. The Morgan fingerprint density at radius 2 is 1.62 bits per heavy atom. The van der Waals surface area contributed by atoms with Crippen LogP contribution in [0.2, 0.25) is 0 Å². The van der Waals surface area contributed by atoms with E-state index in [9.17, 15) is 33.1 Å². The molecule has 0 atom stereocenters. The van der Waals surface area contributed by atoms with Crippen molar-refractivity contribution < 1.29 is 32.3 Å². The largest absolute Gasteiger partial charge is 0.481 e. The summed E-state index contributed by atoms with van der Waals surface area (Å²) in [6.45, 7) is 4.66. The van der Waals surface area contributed by atoms with Crippen LogP contribution in [-0.2, 0) is 29.5 Å². The number of carboxylic acids is 1. The molecule has 0 radical (unpaired) electrons. The number of fused-ring (bicyclic) bond motifs is 1. The van der Waals surface area contributed by atoms with Crippen LogP contribution in [0.25, 0.3) is 21.9 Å². The lowest BCUT2D eigenvalue weighted by atomic mass is 9.83. The van der Waals surface area contributed by atoms with E-state index in [-0.39, 0.29) is 24.4 Å². The Labute approximate surface area is 257 Å². The van der Waals surface area contributed by atoms with Crippen LogP contribution < -0.4 is 0 Å². The molecule has 9 heteroatoms. The molecule has 1 aromatic heterocycles. The SMILES string of the molecule is Cc1ccc2ccccc2c1C(=O)N(Cc1ccc(C(F)(F)F)o1)Cc1ccc(-c2cccc(C(C)(C)C(=O)O)c2)cc1C#N. The van der Waals surface area contributed by atoms with Gasteiger partial charge in [0.05, 0.1) is 29.2 Å². The lowest BCUT2D eigenvalue weighted by molar-refractivity contribution is -0.153. The van der Waals surface area contributed by atoms with E-state index in [1.807, 2.05) is 42.5 Å². The molecule has 228 valence electrons. The number of carbonyl (C=O) groups is 2. The molecule has 1 N–H and O–H groups in total. The van der Waals surface area contributed by atoms with Crippen molar-refractivity contribution in [3.05, 3.63) is 130 Å². The van der Waals surface area contributed by atoms with E-state index in [1.165, 1.54) is 11.0 Å². The van der Waals surface area contributed by atoms with Gasteiger partial charge >= 0.3 is 12.1 Å². The topological polar surface area (TPSA) is 94.5 Å². The lowest BCUT2D eigenvalue weighted by Crippen LogP contribution is -2.31. The Bertz CT molecular complexity index is 1970. The van der Waals surface area contributed by atoms with E-state index in [2.05, 4.69) is 6.07 Å². The number of carboxylic acid groups (broad SMARTS) is 1.